The molecule has 0 fully saturated rings. The van der Waals surface area contributed by atoms with E-state index in [-0.39, 0.29) is 17.3 Å². The predicted molar refractivity (Wildman–Crippen MR) is 76.2 cm³/mol. The Hall–Kier alpha value is -1.64. The summed E-state index contributed by atoms with van der Waals surface area (Å²) in [4.78, 5) is 11.2. The van der Waals surface area contributed by atoms with Crippen LogP contribution in [0.1, 0.15) is 13.3 Å². The molecule has 0 atom stereocenters. The Morgan fingerprint density at radius 1 is 1.40 bits per heavy atom. The van der Waals surface area contributed by atoms with Crippen molar-refractivity contribution in [3.8, 4) is 5.75 Å². The SMILES string of the molecule is COc1ccc(S(=O)(=O)NCCCN)cc1NC(C)=O. The summed E-state index contributed by atoms with van der Waals surface area (Å²) < 4.78 is 31.6. The maximum Gasteiger partial charge on any atom is 0.240 e. The first-order valence-corrected chi connectivity index (χ1v) is 7.54. The Kier molecular flexibility index (Phi) is 5.93. The molecule has 8 heteroatoms. The van der Waals surface area contributed by atoms with Crippen LogP contribution in [0.15, 0.2) is 23.1 Å². The molecule has 0 aromatic heterocycles. The summed E-state index contributed by atoms with van der Waals surface area (Å²) in [6.07, 6.45) is 0.550. The molecule has 20 heavy (non-hydrogen) atoms. The van der Waals surface area contributed by atoms with Crippen LogP contribution in [0, 0.1) is 0 Å². The van der Waals surface area contributed by atoms with Crippen LogP contribution in [0.25, 0.3) is 0 Å². The van der Waals surface area contributed by atoms with Gasteiger partial charge in [-0.15, -0.1) is 0 Å². The van der Waals surface area contributed by atoms with Gasteiger partial charge in [-0.2, -0.15) is 0 Å². The number of hydrogen-bond acceptors (Lipinski definition) is 5. The minimum absolute atomic E-state index is 0.0547. The first-order valence-electron chi connectivity index (χ1n) is 6.06. The molecule has 1 aromatic rings. The molecular weight excluding hydrogens is 282 g/mol. The molecule has 0 heterocycles. The second-order valence-electron chi connectivity index (χ2n) is 4.08. The molecule has 0 saturated heterocycles. The van der Waals surface area contributed by atoms with Crippen molar-refractivity contribution in [2.75, 3.05) is 25.5 Å². The molecule has 4 N–H and O–H groups in total. The number of benzene rings is 1. The standard InChI is InChI=1S/C12H19N3O4S/c1-9(16)15-11-8-10(4-5-12(11)19-2)20(17,18)14-7-3-6-13/h4-5,8,14H,3,6-7,13H2,1-2H3,(H,15,16). The van der Waals surface area contributed by atoms with E-state index in [4.69, 9.17) is 10.5 Å². The van der Waals surface area contributed by atoms with Gasteiger partial charge in [0.05, 0.1) is 17.7 Å². The summed E-state index contributed by atoms with van der Waals surface area (Å²) >= 11 is 0. The number of ether oxygens (including phenoxy) is 1. The monoisotopic (exact) mass is 301 g/mol. The number of hydrogen-bond donors (Lipinski definition) is 3. The van der Waals surface area contributed by atoms with Gasteiger partial charge in [-0.05, 0) is 31.2 Å². The summed E-state index contributed by atoms with van der Waals surface area (Å²) in [5.41, 5.74) is 5.62. The van der Waals surface area contributed by atoms with E-state index in [2.05, 4.69) is 10.0 Å². The molecule has 0 aliphatic heterocycles. The van der Waals surface area contributed by atoms with Gasteiger partial charge in [-0.3, -0.25) is 4.79 Å². The third kappa shape index (κ3) is 4.48. The topological polar surface area (TPSA) is 111 Å². The number of amides is 1. The maximum absolute atomic E-state index is 12.0. The minimum atomic E-state index is -3.63. The number of methoxy groups -OCH3 is 1. The van der Waals surface area contributed by atoms with E-state index in [1.165, 1.54) is 32.2 Å². The van der Waals surface area contributed by atoms with Crippen LogP contribution in [-0.4, -0.2) is 34.5 Å². The Balaban J connectivity index is 3.04. The fourth-order valence-corrected chi connectivity index (χ4v) is 2.63. The largest absolute Gasteiger partial charge is 0.495 e. The zero-order valence-electron chi connectivity index (χ0n) is 11.5. The quantitative estimate of drug-likeness (QED) is 0.627. The average molecular weight is 301 g/mol. The third-order valence-corrected chi connectivity index (χ3v) is 3.92. The zero-order chi connectivity index (χ0) is 15.2. The van der Waals surface area contributed by atoms with Crippen LogP contribution in [0.3, 0.4) is 0 Å². The van der Waals surface area contributed by atoms with E-state index in [0.29, 0.717) is 24.4 Å². The summed E-state index contributed by atoms with van der Waals surface area (Å²) in [5.74, 6) is 0.0787. The van der Waals surface area contributed by atoms with Crippen LogP contribution in [0.4, 0.5) is 5.69 Å². The Labute approximate surface area is 118 Å². The number of carbonyl (C=O) groups excluding carboxylic acids is 1. The van der Waals surface area contributed by atoms with Crippen LogP contribution in [0.5, 0.6) is 5.75 Å². The smallest absolute Gasteiger partial charge is 0.240 e. The fourth-order valence-electron chi connectivity index (χ4n) is 1.53. The van der Waals surface area contributed by atoms with Crippen LogP contribution in [-0.2, 0) is 14.8 Å². The zero-order valence-corrected chi connectivity index (χ0v) is 12.3. The summed E-state index contributed by atoms with van der Waals surface area (Å²) in [6.45, 7) is 2.00. The van der Waals surface area contributed by atoms with Gasteiger partial charge in [0.2, 0.25) is 15.9 Å². The Morgan fingerprint density at radius 2 is 2.10 bits per heavy atom. The fraction of sp³-hybridized carbons (Fsp3) is 0.417. The second kappa shape index (κ2) is 7.22. The van der Waals surface area contributed by atoms with E-state index in [9.17, 15) is 13.2 Å². The highest BCUT2D eigenvalue weighted by Crippen LogP contribution is 2.27. The van der Waals surface area contributed by atoms with E-state index in [1.54, 1.807) is 0 Å². The van der Waals surface area contributed by atoms with Crippen molar-refractivity contribution in [1.29, 1.82) is 0 Å². The van der Waals surface area contributed by atoms with Crippen LogP contribution < -0.4 is 20.5 Å². The van der Waals surface area contributed by atoms with Gasteiger partial charge in [0.25, 0.3) is 0 Å². The highest BCUT2D eigenvalue weighted by molar-refractivity contribution is 7.89. The average Bonchev–Trinajstić information content (AvgIpc) is 2.38. The van der Waals surface area contributed by atoms with E-state index in [1.807, 2.05) is 0 Å². The number of nitrogens with one attached hydrogen (secondary N) is 2. The van der Waals surface area contributed by atoms with Gasteiger partial charge in [-0.1, -0.05) is 0 Å². The van der Waals surface area contributed by atoms with Crippen molar-refractivity contribution in [2.45, 2.75) is 18.2 Å². The predicted octanol–water partition coefficient (Wildman–Crippen LogP) is 0.281. The van der Waals surface area contributed by atoms with Gasteiger partial charge in [0, 0.05) is 13.5 Å². The Bertz CT molecular complexity index is 572. The lowest BCUT2D eigenvalue weighted by Crippen LogP contribution is -2.26. The molecule has 0 radical (unpaired) electrons. The van der Waals surface area contributed by atoms with Crippen molar-refractivity contribution in [3.63, 3.8) is 0 Å². The maximum atomic E-state index is 12.0. The lowest BCUT2D eigenvalue weighted by molar-refractivity contribution is -0.114. The molecule has 0 spiro atoms. The summed E-state index contributed by atoms with van der Waals surface area (Å²) in [7, 11) is -2.19. The normalized spacial score (nSPS) is 11.2. The van der Waals surface area contributed by atoms with Gasteiger partial charge in [-0.25, -0.2) is 13.1 Å². The molecule has 0 aliphatic rings. The van der Waals surface area contributed by atoms with Crippen LogP contribution >= 0.6 is 0 Å². The van der Waals surface area contributed by atoms with Crippen LogP contribution in [0.2, 0.25) is 0 Å². The second-order valence-corrected chi connectivity index (χ2v) is 5.85. The first-order chi connectivity index (χ1) is 9.40. The Morgan fingerprint density at radius 3 is 2.65 bits per heavy atom. The first kappa shape index (κ1) is 16.4. The molecule has 1 rings (SSSR count). The number of nitrogens with two attached hydrogens (primary N) is 1. The van der Waals surface area contributed by atoms with Gasteiger partial charge < -0.3 is 15.8 Å². The molecule has 0 unspecified atom stereocenters. The molecule has 7 nitrogen and oxygen atoms in total. The van der Waals surface area contributed by atoms with Crippen molar-refractivity contribution < 1.29 is 17.9 Å². The lowest BCUT2D eigenvalue weighted by Gasteiger charge is -2.12. The number of sulfonamides is 1. The summed E-state index contributed by atoms with van der Waals surface area (Å²) in [6, 6.07) is 4.25. The minimum Gasteiger partial charge on any atom is -0.495 e. The number of rotatable bonds is 7. The van der Waals surface area contributed by atoms with Crippen molar-refractivity contribution >= 4 is 21.6 Å². The van der Waals surface area contributed by atoms with Gasteiger partial charge in [0.1, 0.15) is 5.75 Å². The molecule has 0 bridgehead atoms. The number of carbonyl (C=O) groups is 1. The van der Waals surface area contributed by atoms with E-state index >= 15 is 0 Å². The molecule has 0 saturated carbocycles. The molecule has 0 aliphatic carbocycles. The molecular formula is C12H19N3O4S. The lowest BCUT2D eigenvalue weighted by atomic mass is 10.3. The summed E-state index contributed by atoms with van der Waals surface area (Å²) in [5, 5.41) is 2.53. The van der Waals surface area contributed by atoms with Crippen molar-refractivity contribution in [2.24, 2.45) is 5.73 Å². The highest BCUT2D eigenvalue weighted by atomic mass is 32.2. The van der Waals surface area contributed by atoms with E-state index < -0.39 is 10.0 Å². The third-order valence-electron chi connectivity index (χ3n) is 2.46. The van der Waals surface area contributed by atoms with Gasteiger partial charge in [0.15, 0.2) is 0 Å². The van der Waals surface area contributed by atoms with Crippen molar-refractivity contribution in [1.82, 2.24) is 4.72 Å². The van der Waals surface area contributed by atoms with Gasteiger partial charge >= 0.3 is 0 Å². The molecule has 1 amide bonds. The highest BCUT2D eigenvalue weighted by Gasteiger charge is 2.16. The van der Waals surface area contributed by atoms with E-state index in [0.717, 1.165) is 0 Å². The molecule has 112 valence electrons. The van der Waals surface area contributed by atoms with Crippen molar-refractivity contribution in [3.05, 3.63) is 18.2 Å². The number of anilines is 1. The molecule has 1 aromatic carbocycles.